The highest BCUT2D eigenvalue weighted by atomic mass is 32.1. The van der Waals surface area contributed by atoms with Crippen molar-refractivity contribution >= 4 is 28.3 Å². The molecule has 0 atom stereocenters. The Balaban J connectivity index is 2.12. The number of likely N-dealkylation sites (N-methyl/N-ethyl adjacent to an activating group) is 1. The SMILES string of the molecule is CN1CCN(c2nc(C(=O)O)cs2)CC1=O. The number of hydrogen-bond donors (Lipinski definition) is 1. The van der Waals surface area contributed by atoms with E-state index in [0.29, 0.717) is 18.2 Å². The third kappa shape index (κ3) is 1.99. The van der Waals surface area contributed by atoms with E-state index in [1.165, 1.54) is 16.7 Å². The molecular weight excluding hydrogens is 230 g/mol. The molecular formula is C9H11N3O3S. The van der Waals surface area contributed by atoms with Crippen LogP contribution in [-0.2, 0) is 4.79 Å². The molecule has 0 saturated carbocycles. The number of piperazine rings is 1. The van der Waals surface area contributed by atoms with Crippen molar-refractivity contribution in [2.45, 2.75) is 0 Å². The molecule has 7 heteroatoms. The Morgan fingerprint density at radius 3 is 2.88 bits per heavy atom. The van der Waals surface area contributed by atoms with Crippen molar-refractivity contribution in [1.82, 2.24) is 9.88 Å². The number of aromatic carboxylic acids is 1. The predicted molar refractivity (Wildman–Crippen MR) is 58.9 cm³/mol. The fourth-order valence-electron chi connectivity index (χ4n) is 1.43. The van der Waals surface area contributed by atoms with Crippen LogP contribution < -0.4 is 4.90 Å². The van der Waals surface area contributed by atoms with Crippen molar-refractivity contribution in [1.29, 1.82) is 0 Å². The van der Waals surface area contributed by atoms with Crippen LogP contribution in [0.2, 0.25) is 0 Å². The number of thiazole rings is 1. The van der Waals surface area contributed by atoms with Crippen molar-refractivity contribution < 1.29 is 14.7 Å². The summed E-state index contributed by atoms with van der Waals surface area (Å²) in [5, 5.41) is 10.8. The zero-order chi connectivity index (χ0) is 11.7. The summed E-state index contributed by atoms with van der Waals surface area (Å²) in [7, 11) is 1.75. The van der Waals surface area contributed by atoms with Gasteiger partial charge in [0.25, 0.3) is 0 Å². The summed E-state index contributed by atoms with van der Waals surface area (Å²) >= 11 is 1.25. The summed E-state index contributed by atoms with van der Waals surface area (Å²) in [5.74, 6) is -1.01. The second-order valence-corrected chi connectivity index (χ2v) is 4.39. The van der Waals surface area contributed by atoms with Crippen LogP contribution in [0, 0.1) is 0 Å². The van der Waals surface area contributed by atoms with Crippen LogP contribution in [0.5, 0.6) is 0 Å². The van der Waals surface area contributed by atoms with Crippen molar-refractivity contribution in [2.75, 3.05) is 31.6 Å². The average Bonchev–Trinajstić information content (AvgIpc) is 2.71. The van der Waals surface area contributed by atoms with E-state index in [1.807, 2.05) is 0 Å². The van der Waals surface area contributed by atoms with Gasteiger partial charge in [0.05, 0.1) is 6.54 Å². The third-order valence-corrected chi connectivity index (χ3v) is 3.34. The maximum absolute atomic E-state index is 11.5. The molecule has 0 spiro atoms. The van der Waals surface area contributed by atoms with Crippen LogP contribution in [0.25, 0.3) is 0 Å². The van der Waals surface area contributed by atoms with Gasteiger partial charge in [0, 0.05) is 25.5 Å². The van der Waals surface area contributed by atoms with E-state index < -0.39 is 5.97 Å². The number of anilines is 1. The fourth-order valence-corrected chi connectivity index (χ4v) is 2.26. The molecule has 1 aromatic heterocycles. The second-order valence-electron chi connectivity index (χ2n) is 3.56. The highest BCUT2D eigenvalue weighted by molar-refractivity contribution is 7.13. The molecule has 0 radical (unpaired) electrons. The average molecular weight is 241 g/mol. The van der Waals surface area contributed by atoms with E-state index in [0.717, 1.165) is 0 Å². The Labute approximate surface area is 96.1 Å². The minimum Gasteiger partial charge on any atom is -0.476 e. The Kier molecular flexibility index (Phi) is 2.78. The number of rotatable bonds is 2. The van der Waals surface area contributed by atoms with Gasteiger partial charge in [-0.25, -0.2) is 9.78 Å². The first kappa shape index (κ1) is 10.9. The van der Waals surface area contributed by atoms with E-state index >= 15 is 0 Å². The summed E-state index contributed by atoms with van der Waals surface area (Å²) in [4.78, 5) is 29.6. The topological polar surface area (TPSA) is 73.7 Å². The Hall–Kier alpha value is -1.63. The normalized spacial score (nSPS) is 16.7. The fraction of sp³-hybridized carbons (Fsp3) is 0.444. The maximum Gasteiger partial charge on any atom is 0.355 e. The first-order chi connectivity index (χ1) is 7.58. The van der Waals surface area contributed by atoms with Crippen molar-refractivity contribution in [2.24, 2.45) is 0 Å². The number of carboxylic acids is 1. The number of hydrogen-bond acceptors (Lipinski definition) is 5. The van der Waals surface area contributed by atoms with Gasteiger partial charge in [0.1, 0.15) is 0 Å². The standard InChI is InChI=1S/C9H11N3O3S/c1-11-2-3-12(4-7(11)13)9-10-6(5-16-9)8(14)15/h5H,2-4H2,1H3,(H,14,15). The molecule has 86 valence electrons. The smallest absolute Gasteiger partial charge is 0.355 e. The molecule has 0 unspecified atom stereocenters. The summed E-state index contributed by atoms with van der Waals surface area (Å²) in [5.41, 5.74) is 0.0337. The minimum atomic E-state index is -1.04. The summed E-state index contributed by atoms with van der Waals surface area (Å²) in [6, 6.07) is 0. The predicted octanol–water partition coefficient (Wildman–Crippen LogP) is 0.120. The summed E-state index contributed by atoms with van der Waals surface area (Å²) in [6.45, 7) is 1.60. The summed E-state index contributed by atoms with van der Waals surface area (Å²) in [6.07, 6.45) is 0. The molecule has 0 aliphatic carbocycles. The number of carbonyl (C=O) groups is 2. The lowest BCUT2D eigenvalue weighted by atomic mass is 10.3. The van der Waals surface area contributed by atoms with Crippen LogP contribution in [0.4, 0.5) is 5.13 Å². The minimum absolute atomic E-state index is 0.0262. The Bertz CT molecular complexity index is 431. The quantitative estimate of drug-likeness (QED) is 0.796. The molecule has 1 aromatic rings. The number of carboxylic acid groups (broad SMARTS) is 1. The first-order valence-electron chi connectivity index (χ1n) is 4.75. The van der Waals surface area contributed by atoms with Gasteiger partial charge in [-0.05, 0) is 0 Å². The number of carbonyl (C=O) groups excluding carboxylic acids is 1. The molecule has 1 aliphatic rings. The molecule has 6 nitrogen and oxygen atoms in total. The van der Waals surface area contributed by atoms with Gasteiger partial charge in [-0.1, -0.05) is 0 Å². The number of amides is 1. The Morgan fingerprint density at radius 2 is 2.31 bits per heavy atom. The van der Waals surface area contributed by atoms with Gasteiger partial charge in [-0.2, -0.15) is 0 Å². The van der Waals surface area contributed by atoms with Gasteiger partial charge >= 0.3 is 5.97 Å². The van der Waals surface area contributed by atoms with Crippen LogP contribution in [0.3, 0.4) is 0 Å². The first-order valence-corrected chi connectivity index (χ1v) is 5.63. The largest absolute Gasteiger partial charge is 0.476 e. The molecule has 0 bridgehead atoms. The van der Waals surface area contributed by atoms with E-state index in [9.17, 15) is 9.59 Å². The van der Waals surface area contributed by atoms with E-state index in [4.69, 9.17) is 5.11 Å². The van der Waals surface area contributed by atoms with E-state index in [2.05, 4.69) is 4.98 Å². The zero-order valence-corrected chi connectivity index (χ0v) is 9.53. The van der Waals surface area contributed by atoms with Gasteiger partial charge in [-0.3, -0.25) is 4.79 Å². The van der Waals surface area contributed by atoms with Gasteiger partial charge in [-0.15, -0.1) is 11.3 Å². The molecule has 2 rings (SSSR count). The van der Waals surface area contributed by atoms with Crippen LogP contribution in [-0.4, -0.2) is 53.5 Å². The highest BCUT2D eigenvalue weighted by Crippen LogP contribution is 2.21. The molecule has 1 amide bonds. The lowest BCUT2D eigenvalue weighted by molar-refractivity contribution is -0.129. The molecule has 1 saturated heterocycles. The molecule has 2 heterocycles. The van der Waals surface area contributed by atoms with Gasteiger partial charge < -0.3 is 14.9 Å². The lowest BCUT2D eigenvalue weighted by Gasteiger charge is -2.31. The van der Waals surface area contributed by atoms with Crippen LogP contribution in [0.1, 0.15) is 10.5 Å². The highest BCUT2D eigenvalue weighted by Gasteiger charge is 2.23. The lowest BCUT2D eigenvalue weighted by Crippen LogP contribution is -2.48. The van der Waals surface area contributed by atoms with Gasteiger partial charge in [0.15, 0.2) is 10.8 Å². The third-order valence-electron chi connectivity index (χ3n) is 2.44. The zero-order valence-electron chi connectivity index (χ0n) is 8.71. The molecule has 0 aromatic carbocycles. The summed E-state index contributed by atoms with van der Waals surface area (Å²) < 4.78 is 0. The van der Waals surface area contributed by atoms with Crippen LogP contribution >= 0.6 is 11.3 Å². The van der Waals surface area contributed by atoms with Crippen molar-refractivity contribution in [3.05, 3.63) is 11.1 Å². The van der Waals surface area contributed by atoms with Crippen molar-refractivity contribution in [3.63, 3.8) is 0 Å². The second kappa shape index (κ2) is 4.09. The number of nitrogens with zero attached hydrogens (tertiary/aromatic N) is 3. The number of aromatic nitrogens is 1. The monoisotopic (exact) mass is 241 g/mol. The molecule has 16 heavy (non-hydrogen) atoms. The molecule has 1 aliphatic heterocycles. The molecule has 1 N–H and O–H groups in total. The molecule has 1 fully saturated rings. The van der Waals surface area contributed by atoms with Crippen LogP contribution in [0.15, 0.2) is 5.38 Å². The Morgan fingerprint density at radius 1 is 1.56 bits per heavy atom. The van der Waals surface area contributed by atoms with Gasteiger partial charge in [0.2, 0.25) is 5.91 Å². The maximum atomic E-state index is 11.5. The van der Waals surface area contributed by atoms with E-state index in [-0.39, 0.29) is 18.1 Å². The van der Waals surface area contributed by atoms with Crippen molar-refractivity contribution in [3.8, 4) is 0 Å². The van der Waals surface area contributed by atoms with E-state index in [1.54, 1.807) is 16.8 Å².